The molecule has 0 unspecified atom stereocenters. The van der Waals surface area contributed by atoms with Crippen molar-refractivity contribution in [2.45, 2.75) is 44.6 Å². The second kappa shape index (κ2) is 10.3. The fourth-order valence-corrected chi connectivity index (χ4v) is 6.16. The van der Waals surface area contributed by atoms with Gasteiger partial charge in [-0.2, -0.15) is 0 Å². The maximum Gasteiger partial charge on any atom is 0.269 e. The Morgan fingerprint density at radius 3 is 2.13 bits per heavy atom. The molecule has 5 rings (SSSR count). The lowest BCUT2D eigenvalue weighted by atomic mass is 9.76. The van der Waals surface area contributed by atoms with Crippen LogP contribution < -0.4 is 14.4 Å². The highest BCUT2D eigenvalue weighted by molar-refractivity contribution is 7.90. The van der Waals surface area contributed by atoms with E-state index >= 15 is 8.78 Å². The highest BCUT2D eigenvalue weighted by atomic mass is 32.2. The smallest absolute Gasteiger partial charge is 0.269 e. The average Bonchev–Trinajstić information content (AvgIpc) is 3.38. The quantitative estimate of drug-likeness (QED) is 0.326. The summed E-state index contributed by atoms with van der Waals surface area (Å²) in [5.41, 5.74) is -0.669. The number of carbonyl (C=O) groups is 1. The zero-order valence-electron chi connectivity index (χ0n) is 22.5. The van der Waals surface area contributed by atoms with Crippen LogP contribution in [0.2, 0.25) is 0 Å². The van der Waals surface area contributed by atoms with Gasteiger partial charge >= 0.3 is 0 Å². The number of nitrogens with zero attached hydrogens (tertiary/aromatic N) is 3. The van der Waals surface area contributed by atoms with Crippen LogP contribution in [0.3, 0.4) is 0 Å². The second-order valence-corrected chi connectivity index (χ2v) is 10.9. The van der Waals surface area contributed by atoms with Crippen molar-refractivity contribution in [3.8, 4) is 11.5 Å². The minimum atomic E-state index is -3.95. The summed E-state index contributed by atoms with van der Waals surface area (Å²) in [6.45, 7) is 7.05. The lowest BCUT2D eigenvalue weighted by Crippen LogP contribution is -2.48. The fraction of sp³-hybridized carbons (Fsp3) is 0.286. The van der Waals surface area contributed by atoms with Gasteiger partial charge in [-0.15, -0.1) is 0 Å². The van der Waals surface area contributed by atoms with Crippen LogP contribution in [0.5, 0.6) is 11.5 Å². The number of halogens is 2. The van der Waals surface area contributed by atoms with Crippen molar-refractivity contribution >= 4 is 32.7 Å². The molecule has 206 valence electrons. The van der Waals surface area contributed by atoms with Crippen molar-refractivity contribution in [2.75, 3.05) is 19.1 Å². The molecule has 0 fully saturated rings. The minimum absolute atomic E-state index is 0.0893. The zero-order chi connectivity index (χ0) is 28.7. The SMILES string of the molecule is CC.COc1cc(OC)c(F)c(N2Cc3cnc4c(ccn4S(=O)(=O)c4ccccc4)c3C(C)(C)C2=O)c1F. The Labute approximate surface area is 225 Å². The summed E-state index contributed by atoms with van der Waals surface area (Å²) >= 11 is 0. The Balaban J connectivity index is 0.00000172. The number of fused-ring (bicyclic) bond motifs is 3. The standard InChI is InChI=1S/C26H23F2N3O5S.C2H6/c1-26(2)20-15(14-30(25(26)32)23-21(27)18(35-3)12-19(36-4)22(23)28)13-29-24-17(20)10-11-31(24)37(33,34)16-8-6-5-7-9-16;1-2/h5-13H,14H2,1-4H3;1-2H3. The van der Waals surface area contributed by atoms with Gasteiger partial charge in [0, 0.05) is 23.8 Å². The van der Waals surface area contributed by atoms with Crippen LogP contribution in [0.25, 0.3) is 11.0 Å². The minimum Gasteiger partial charge on any atom is -0.493 e. The third kappa shape index (κ3) is 4.30. The molecule has 0 N–H and O–H groups in total. The number of hydrogen-bond acceptors (Lipinski definition) is 6. The molecule has 0 saturated heterocycles. The van der Waals surface area contributed by atoms with Gasteiger partial charge < -0.3 is 14.4 Å². The molecule has 1 amide bonds. The van der Waals surface area contributed by atoms with Gasteiger partial charge in [-0.05, 0) is 43.2 Å². The van der Waals surface area contributed by atoms with E-state index < -0.39 is 38.7 Å². The highest BCUT2D eigenvalue weighted by Gasteiger charge is 2.44. The van der Waals surface area contributed by atoms with E-state index in [2.05, 4.69) is 4.98 Å². The lowest BCUT2D eigenvalue weighted by molar-refractivity contribution is -0.123. The van der Waals surface area contributed by atoms with Crippen molar-refractivity contribution in [1.29, 1.82) is 0 Å². The van der Waals surface area contributed by atoms with E-state index in [-0.39, 0.29) is 28.6 Å². The first kappa shape index (κ1) is 28.0. The number of aromatic nitrogens is 2. The molecule has 0 saturated carbocycles. The van der Waals surface area contributed by atoms with Gasteiger partial charge in [0.15, 0.2) is 28.8 Å². The first-order valence-corrected chi connectivity index (χ1v) is 13.7. The Morgan fingerprint density at radius 2 is 1.56 bits per heavy atom. The van der Waals surface area contributed by atoms with Gasteiger partial charge in [0.05, 0.1) is 31.1 Å². The number of hydrogen-bond donors (Lipinski definition) is 0. The molecule has 39 heavy (non-hydrogen) atoms. The maximum atomic E-state index is 15.3. The third-order valence-corrected chi connectivity index (χ3v) is 8.29. The Morgan fingerprint density at radius 1 is 0.974 bits per heavy atom. The van der Waals surface area contributed by atoms with Crippen LogP contribution in [0.4, 0.5) is 14.5 Å². The first-order valence-electron chi connectivity index (χ1n) is 12.3. The van der Waals surface area contributed by atoms with Crippen LogP contribution in [-0.4, -0.2) is 37.5 Å². The molecule has 2 aromatic carbocycles. The van der Waals surface area contributed by atoms with Crippen LogP contribution in [-0.2, 0) is 26.8 Å². The summed E-state index contributed by atoms with van der Waals surface area (Å²) in [5.74, 6) is -3.22. The van der Waals surface area contributed by atoms with E-state index in [0.29, 0.717) is 16.5 Å². The van der Waals surface area contributed by atoms with Crippen molar-refractivity contribution in [2.24, 2.45) is 0 Å². The van der Waals surface area contributed by atoms with E-state index in [1.165, 1.54) is 38.7 Å². The fourth-order valence-electron chi connectivity index (χ4n) is 4.84. The normalized spacial score (nSPS) is 14.5. The molecular weight excluding hydrogens is 528 g/mol. The monoisotopic (exact) mass is 557 g/mol. The first-order chi connectivity index (χ1) is 18.5. The molecule has 8 nitrogen and oxygen atoms in total. The van der Waals surface area contributed by atoms with E-state index in [4.69, 9.17) is 9.47 Å². The molecule has 0 bridgehead atoms. The van der Waals surface area contributed by atoms with E-state index in [9.17, 15) is 13.2 Å². The summed E-state index contributed by atoms with van der Waals surface area (Å²) in [6, 6.07) is 10.6. The molecule has 4 aromatic rings. The number of ether oxygens (including phenoxy) is 2. The summed E-state index contributed by atoms with van der Waals surface area (Å²) in [4.78, 5) is 19.2. The Hall–Kier alpha value is -3.99. The van der Waals surface area contributed by atoms with Crippen LogP contribution >= 0.6 is 0 Å². The second-order valence-electron chi connectivity index (χ2n) is 9.10. The number of methoxy groups -OCH3 is 2. The predicted molar refractivity (Wildman–Crippen MR) is 144 cm³/mol. The van der Waals surface area contributed by atoms with Gasteiger partial charge in [0.1, 0.15) is 5.69 Å². The maximum absolute atomic E-state index is 15.3. The zero-order valence-corrected chi connectivity index (χ0v) is 23.3. The molecule has 2 aromatic heterocycles. The predicted octanol–water partition coefficient (Wildman–Crippen LogP) is 5.42. The van der Waals surface area contributed by atoms with E-state index in [0.717, 1.165) is 14.9 Å². The van der Waals surface area contributed by atoms with E-state index in [1.54, 1.807) is 38.1 Å². The molecule has 0 aliphatic carbocycles. The largest absolute Gasteiger partial charge is 0.493 e. The van der Waals surface area contributed by atoms with Crippen LogP contribution in [0.15, 0.2) is 59.8 Å². The number of carbonyl (C=O) groups excluding carboxylic acids is 1. The summed E-state index contributed by atoms with van der Waals surface area (Å²) in [6.07, 6.45) is 2.82. The molecule has 1 aliphatic rings. The Bertz CT molecular complexity index is 1640. The summed E-state index contributed by atoms with van der Waals surface area (Å²) < 4.78 is 68.2. The summed E-state index contributed by atoms with van der Waals surface area (Å²) in [7, 11) is -1.49. The average molecular weight is 558 g/mol. The van der Waals surface area contributed by atoms with Crippen molar-refractivity contribution in [1.82, 2.24) is 8.96 Å². The van der Waals surface area contributed by atoms with Gasteiger partial charge in [-0.3, -0.25) is 4.79 Å². The third-order valence-electron chi connectivity index (χ3n) is 6.61. The van der Waals surface area contributed by atoms with Gasteiger partial charge in [-0.1, -0.05) is 32.0 Å². The number of rotatable bonds is 5. The van der Waals surface area contributed by atoms with Crippen molar-refractivity contribution < 1.29 is 31.5 Å². The van der Waals surface area contributed by atoms with Gasteiger partial charge in [0.2, 0.25) is 5.91 Å². The van der Waals surface area contributed by atoms with Crippen LogP contribution in [0, 0.1) is 11.6 Å². The topological polar surface area (TPSA) is 90.7 Å². The molecule has 1 aliphatic heterocycles. The number of anilines is 1. The van der Waals surface area contributed by atoms with E-state index in [1.807, 2.05) is 13.8 Å². The van der Waals surface area contributed by atoms with Crippen LogP contribution in [0.1, 0.15) is 38.8 Å². The number of pyridine rings is 1. The Kier molecular flexibility index (Phi) is 7.40. The molecule has 0 radical (unpaired) electrons. The lowest BCUT2D eigenvalue weighted by Gasteiger charge is -2.39. The van der Waals surface area contributed by atoms with Crippen molar-refractivity contribution in [3.05, 3.63) is 77.6 Å². The number of amides is 1. The van der Waals surface area contributed by atoms with Gasteiger partial charge in [0.25, 0.3) is 10.0 Å². The molecule has 11 heteroatoms. The molecule has 0 atom stereocenters. The highest BCUT2D eigenvalue weighted by Crippen LogP contribution is 2.44. The number of benzene rings is 2. The van der Waals surface area contributed by atoms with Crippen molar-refractivity contribution in [3.63, 3.8) is 0 Å². The summed E-state index contributed by atoms with van der Waals surface area (Å²) in [5, 5.41) is 0.458. The molecule has 0 spiro atoms. The molecule has 3 heterocycles. The molecular formula is C28H29F2N3O5S. The van der Waals surface area contributed by atoms with Gasteiger partial charge in [-0.25, -0.2) is 26.2 Å².